The molecule has 0 radical (unpaired) electrons. The highest BCUT2D eigenvalue weighted by Gasteiger charge is 2.16. The first-order valence-corrected chi connectivity index (χ1v) is 7.47. The Morgan fingerprint density at radius 3 is 2.62 bits per heavy atom. The predicted octanol–water partition coefficient (Wildman–Crippen LogP) is 4.69. The molecule has 0 saturated heterocycles. The van der Waals surface area contributed by atoms with Crippen LogP contribution in [-0.2, 0) is 0 Å². The van der Waals surface area contributed by atoms with Gasteiger partial charge in [0.1, 0.15) is 11.8 Å². The van der Waals surface area contributed by atoms with Crippen LogP contribution in [-0.4, -0.2) is 5.91 Å². The maximum absolute atomic E-state index is 12.4. The normalized spacial score (nSPS) is 12.3. The number of hydrogen-bond donors (Lipinski definition) is 1. The van der Waals surface area contributed by atoms with Crippen LogP contribution in [0.25, 0.3) is 11.0 Å². The summed E-state index contributed by atoms with van der Waals surface area (Å²) >= 11 is 3.40. The van der Waals surface area contributed by atoms with E-state index in [0.717, 1.165) is 21.0 Å². The number of nitrogens with one attached hydrogen (secondary N) is 1. The van der Waals surface area contributed by atoms with E-state index in [1.165, 1.54) is 6.26 Å². The van der Waals surface area contributed by atoms with Crippen molar-refractivity contribution >= 4 is 32.8 Å². The van der Waals surface area contributed by atoms with Crippen LogP contribution in [0.1, 0.15) is 28.9 Å². The Hall–Kier alpha value is -2.07. The quantitative estimate of drug-likeness (QED) is 0.749. The Kier molecular flexibility index (Phi) is 3.80. The summed E-state index contributed by atoms with van der Waals surface area (Å²) in [6, 6.07) is 15.4. The second-order valence-electron chi connectivity index (χ2n) is 4.89. The fraction of sp³-hybridized carbons (Fsp3) is 0.118. The first-order valence-electron chi connectivity index (χ1n) is 6.68. The Labute approximate surface area is 131 Å². The summed E-state index contributed by atoms with van der Waals surface area (Å²) in [4.78, 5) is 12.4. The Morgan fingerprint density at radius 2 is 1.86 bits per heavy atom. The van der Waals surface area contributed by atoms with Crippen LogP contribution in [0.3, 0.4) is 0 Å². The molecule has 1 aromatic heterocycles. The molecule has 21 heavy (non-hydrogen) atoms. The maximum Gasteiger partial charge on any atom is 0.255 e. The van der Waals surface area contributed by atoms with Gasteiger partial charge in [-0.05, 0) is 30.7 Å². The van der Waals surface area contributed by atoms with E-state index in [2.05, 4.69) is 21.2 Å². The molecule has 1 amide bonds. The lowest BCUT2D eigenvalue weighted by Crippen LogP contribution is -2.26. The number of para-hydroxylation sites is 1. The molecule has 1 atom stereocenters. The number of rotatable bonds is 3. The molecule has 4 heteroatoms. The van der Waals surface area contributed by atoms with Crippen molar-refractivity contribution < 1.29 is 9.21 Å². The molecule has 1 heterocycles. The Morgan fingerprint density at radius 1 is 1.14 bits per heavy atom. The zero-order valence-electron chi connectivity index (χ0n) is 11.5. The molecule has 106 valence electrons. The summed E-state index contributed by atoms with van der Waals surface area (Å²) in [5.74, 6) is -0.129. The highest BCUT2D eigenvalue weighted by molar-refractivity contribution is 9.10. The second-order valence-corrected chi connectivity index (χ2v) is 5.81. The number of hydrogen-bond acceptors (Lipinski definition) is 2. The fourth-order valence-corrected chi connectivity index (χ4v) is 2.53. The molecule has 2 aromatic carbocycles. The number of benzene rings is 2. The van der Waals surface area contributed by atoms with Gasteiger partial charge in [0, 0.05) is 9.86 Å². The van der Waals surface area contributed by atoms with Gasteiger partial charge < -0.3 is 9.73 Å². The Balaban J connectivity index is 1.81. The summed E-state index contributed by atoms with van der Waals surface area (Å²) in [5, 5.41) is 3.83. The minimum Gasteiger partial charge on any atom is -0.463 e. The van der Waals surface area contributed by atoms with Crippen molar-refractivity contribution in [1.82, 2.24) is 5.32 Å². The second kappa shape index (κ2) is 5.74. The summed E-state index contributed by atoms with van der Waals surface area (Å²) in [5.41, 5.74) is 2.34. The van der Waals surface area contributed by atoms with Crippen molar-refractivity contribution in [3.63, 3.8) is 0 Å². The molecule has 0 aliphatic heterocycles. The summed E-state index contributed by atoms with van der Waals surface area (Å²) < 4.78 is 6.43. The number of halogens is 1. The molecule has 0 saturated carbocycles. The smallest absolute Gasteiger partial charge is 0.255 e. The van der Waals surface area contributed by atoms with Crippen LogP contribution in [0.4, 0.5) is 0 Å². The fourth-order valence-electron chi connectivity index (χ4n) is 2.26. The molecular weight excluding hydrogens is 330 g/mol. The summed E-state index contributed by atoms with van der Waals surface area (Å²) in [7, 11) is 0. The average molecular weight is 344 g/mol. The van der Waals surface area contributed by atoms with Crippen LogP contribution in [0, 0.1) is 0 Å². The first-order chi connectivity index (χ1) is 10.1. The monoisotopic (exact) mass is 343 g/mol. The van der Waals surface area contributed by atoms with Crippen LogP contribution >= 0.6 is 15.9 Å². The van der Waals surface area contributed by atoms with Gasteiger partial charge in [-0.25, -0.2) is 0 Å². The lowest BCUT2D eigenvalue weighted by molar-refractivity contribution is 0.0940. The van der Waals surface area contributed by atoms with E-state index in [9.17, 15) is 4.79 Å². The van der Waals surface area contributed by atoms with Crippen molar-refractivity contribution in [2.45, 2.75) is 13.0 Å². The molecule has 0 fully saturated rings. The zero-order chi connectivity index (χ0) is 14.8. The lowest BCUT2D eigenvalue weighted by Gasteiger charge is -2.14. The van der Waals surface area contributed by atoms with Gasteiger partial charge in [-0.2, -0.15) is 0 Å². The van der Waals surface area contributed by atoms with Gasteiger partial charge in [-0.1, -0.05) is 46.3 Å². The van der Waals surface area contributed by atoms with E-state index < -0.39 is 0 Å². The molecule has 1 unspecified atom stereocenters. The van der Waals surface area contributed by atoms with Crippen molar-refractivity contribution in [3.8, 4) is 0 Å². The largest absolute Gasteiger partial charge is 0.463 e. The number of fused-ring (bicyclic) bond motifs is 1. The molecule has 0 bridgehead atoms. The third-order valence-corrected chi connectivity index (χ3v) is 3.97. The summed E-state index contributed by atoms with van der Waals surface area (Å²) in [6.07, 6.45) is 1.51. The molecule has 3 nitrogen and oxygen atoms in total. The van der Waals surface area contributed by atoms with Gasteiger partial charge in [0.05, 0.1) is 11.6 Å². The molecule has 0 spiro atoms. The number of carbonyl (C=O) groups is 1. The highest BCUT2D eigenvalue weighted by atomic mass is 79.9. The van der Waals surface area contributed by atoms with E-state index in [1.54, 1.807) is 0 Å². The van der Waals surface area contributed by atoms with Crippen molar-refractivity contribution in [1.29, 1.82) is 0 Å². The minimum absolute atomic E-state index is 0.0701. The molecule has 0 aliphatic carbocycles. The first kappa shape index (κ1) is 13.9. The van der Waals surface area contributed by atoms with Crippen LogP contribution in [0.5, 0.6) is 0 Å². The summed E-state index contributed by atoms with van der Waals surface area (Å²) in [6.45, 7) is 1.96. The standard InChI is InChI=1S/C17H14BrNO2/c1-11(12-6-8-13(18)9-7-12)19-17(20)15-10-21-16-5-3-2-4-14(15)16/h2-11H,1H3,(H,19,20). The van der Waals surface area contributed by atoms with Crippen LogP contribution in [0.15, 0.2) is 63.7 Å². The highest BCUT2D eigenvalue weighted by Crippen LogP contribution is 2.22. The van der Waals surface area contributed by atoms with Crippen LogP contribution < -0.4 is 5.32 Å². The van der Waals surface area contributed by atoms with E-state index >= 15 is 0 Å². The van der Waals surface area contributed by atoms with E-state index in [1.807, 2.05) is 55.5 Å². The van der Waals surface area contributed by atoms with Crippen molar-refractivity contribution in [2.24, 2.45) is 0 Å². The van der Waals surface area contributed by atoms with E-state index in [0.29, 0.717) is 5.56 Å². The number of amides is 1. The van der Waals surface area contributed by atoms with Crippen molar-refractivity contribution in [2.75, 3.05) is 0 Å². The molecule has 1 N–H and O–H groups in total. The minimum atomic E-state index is -0.129. The molecule has 3 rings (SSSR count). The van der Waals surface area contributed by atoms with E-state index in [4.69, 9.17) is 4.42 Å². The topological polar surface area (TPSA) is 42.2 Å². The third-order valence-electron chi connectivity index (χ3n) is 3.44. The average Bonchev–Trinajstić information content (AvgIpc) is 2.92. The molecule has 3 aromatic rings. The number of carbonyl (C=O) groups excluding carboxylic acids is 1. The number of furan rings is 1. The van der Waals surface area contributed by atoms with Gasteiger partial charge in [0.25, 0.3) is 5.91 Å². The van der Waals surface area contributed by atoms with Gasteiger partial charge in [-0.3, -0.25) is 4.79 Å². The van der Waals surface area contributed by atoms with Gasteiger partial charge in [0.2, 0.25) is 0 Å². The van der Waals surface area contributed by atoms with Gasteiger partial charge in [-0.15, -0.1) is 0 Å². The SMILES string of the molecule is CC(NC(=O)c1coc2ccccc12)c1ccc(Br)cc1. The predicted molar refractivity (Wildman–Crippen MR) is 86.2 cm³/mol. The van der Waals surface area contributed by atoms with Crippen LogP contribution in [0.2, 0.25) is 0 Å². The van der Waals surface area contributed by atoms with E-state index in [-0.39, 0.29) is 11.9 Å². The maximum atomic E-state index is 12.4. The molecule has 0 aliphatic rings. The molecular formula is C17H14BrNO2. The zero-order valence-corrected chi connectivity index (χ0v) is 13.1. The third kappa shape index (κ3) is 2.85. The lowest BCUT2D eigenvalue weighted by atomic mass is 10.1. The van der Waals surface area contributed by atoms with Gasteiger partial charge >= 0.3 is 0 Å². The van der Waals surface area contributed by atoms with Crippen molar-refractivity contribution in [3.05, 3.63) is 70.4 Å². The van der Waals surface area contributed by atoms with Gasteiger partial charge in [0.15, 0.2) is 0 Å². The Bertz CT molecular complexity index is 777.